The molecule has 0 aliphatic heterocycles. The van der Waals surface area contributed by atoms with Crippen molar-refractivity contribution < 1.29 is 9.59 Å². The number of nitrogens with one attached hydrogen (secondary N) is 2. The summed E-state index contributed by atoms with van der Waals surface area (Å²) in [6.07, 6.45) is 0. The molecule has 1 aromatic carbocycles. The number of hydrogen-bond acceptors (Lipinski definition) is 3. The Labute approximate surface area is 118 Å². The molecule has 0 radical (unpaired) electrons. The first-order chi connectivity index (χ1) is 8.45. The second-order valence-electron chi connectivity index (χ2n) is 3.04. The molecule has 1 aromatic rings. The molecule has 0 aliphatic carbocycles. The third-order valence-electron chi connectivity index (χ3n) is 1.78. The number of hydrogen-bond donors (Lipinski definition) is 2. The predicted octanol–water partition coefficient (Wildman–Crippen LogP) is 2.23. The molecule has 94 valence electrons. The summed E-state index contributed by atoms with van der Waals surface area (Å²) in [6, 6.07) is 4.41. The number of halogens is 3. The third-order valence-corrected chi connectivity index (χ3v) is 2.59. The van der Waals surface area contributed by atoms with Gasteiger partial charge in [0.2, 0.25) is 0 Å². The Morgan fingerprint density at radius 1 is 1.17 bits per heavy atom. The van der Waals surface area contributed by atoms with E-state index in [0.717, 1.165) is 0 Å². The number of carbonyl (C=O) groups excluding carboxylic acids is 2. The zero-order valence-corrected chi connectivity index (χ0v) is 11.0. The van der Waals surface area contributed by atoms with E-state index in [1.165, 1.54) is 12.1 Å². The molecule has 0 aliphatic rings. The molecule has 1 rings (SSSR count). The molecule has 5 nitrogen and oxygen atoms in total. The molecule has 0 unspecified atom stereocenters. The number of benzene rings is 1. The molecular weight excluding hydrogens is 300 g/mol. The number of amides is 2. The molecule has 8 heteroatoms. The Kier molecular flexibility index (Phi) is 5.23. The minimum atomic E-state index is -0.976. The first-order valence-electron chi connectivity index (χ1n) is 4.56. The minimum Gasteiger partial charge on any atom is -0.335 e. The number of nitriles is 1. The molecule has 0 fully saturated rings. The third kappa shape index (κ3) is 3.77. The monoisotopic (exact) mass is 305 g/mol. The largest absolute Gasteiger partial charge is 0.335 e. The van der Waals surface area contributed by atoms with Crippen LogP contribution in [-0.4, -0.2) is 18.4 Å². The average molecular weight is 307 g/mol. The summed E-state index contributed by atoms with van der Waals surface area (Å²) in [4.78, 5) is 22.6. The van der Waals surface area contributed by atoms with Crippen LogP contribution in [0.5, 0.6) is 0 Å². The highest BCUT2D eigenvalue weighted by atomic mass is 35.5. The molecule has 0 spiro atoms. The van der Waals surface area contributed by atoms with E-state index in [1.54, 1.807) is 6.07 Å². The van der Waals surface area contributed by atoms with Crippen LogP contribution < -0.4 is 10.6 Å². The molecule has 0 heterocycles. The molecule has 18 heavy (non-hydrogen) atoms. The smallest absolute Gasteiger partial charge is 0.313 e. The molecular formula is C10H6Cl3N3O2. The van der Waals surface area contributed by atoms with Crippen LogP contribution in [0, 0.1) is 11.3 Å². The first-order valence-corrected chi connectivity index (χ1v) is 5.69. The van der Waals surface area contributed by atoms with Crippen molar-refractivity contribution in [2.75, 3.05) is 11.9 Å². The highest BCUT2D eigenvalue weighted by Crippen LogP contribution is 2.33. The Bertz CT molecular complexity index is 517. The predicted molar refractivity (Wildman–Crippen MR) is 68.7 cm³/mol. The summed E-state index contributed by atoms with van der Waals surface area (Å²) in [7, 11) is 0. The van der Waals surface area contributed by atoms with Gasteiger partial charge in [0.05, 0.1) is 21.8 Å². The molecule has 0 saturated heterocycles. The lowest BCUT2D eigenvalue weighted by Gasteiger charge is -2.09. The lowest BCUT2D eigenvalue weighted by molar-refractivity contribution is -0.136. The van der Waals surface area contributed by atoms with Crippen molar-refractivity contribution in [2.45, 2.75) is 0 Å². The second kappa shape index (κ2) is 6.45. The normalized spacial score (nSPS) is 9.44. The van der Waals surface area contributed by atoms with Crippen molar-refractivity contribution in [2.24, 2.45) is 0 Å². The van der Waals surface area contributed by atoms with Crippen molar-refractivity contribution in [3.05, 3.63) is 27.2 Å². The van der Waals surface area contributed by atoms with Crippen LogP contribution in [0.1, 0.15) is 0 Å². The van der Waals surface area contributed by atoms with Crippen LogP contribution in [-0.2, 0) is 9.59 Å². The maximum Gasteiger partial charge on any atom is 0.313 e. The van der Waals surface area contributed by atoms with Gasteiger partial charge in [0.25, 0.3) is 0 Å². The standard InChI is InChI=1S/C10H6Cl3N3O2/c11-5-3-6(12)8(7(13)4-5)16-10(18)9(17)15-2-1-14/h3-4H,2H2,(H,15,17)(H,16,18). The average Bonchev–Trinajstić information content (AvgIpc) is 2.30. The zero-order valence-electron chi connectivity index (χ0n) is 8.76. The van der Waals surface area contributed by atoms with Crippen LogP contribution in [0.25, 0.3) is 0 Å². The van der Waals surface area contributed by atoms with Crippen LogP contribution in [0.3, 0.4) is 0 Å². The van der Waals surface area contributed by atoms with E-state index in [9.17, 15) is 9.59 Å². The summed E-state index contributed by atoms with van der Waals surface area (Å²) in [5.74, 6) is -1.94. The Morgan fingerprint density at radius 2 is 1.72 bits per heavy atom. The van der Waals surface area contributed by atoms with Gasteiger partial charge < -0.3 is 10.6 Å². The van der Waals surface area contributed by atoms with Gasteiger partial charge in [-0.05, 0) is 12.1 Å². The summed E-state index contributed by atoms with van der Waals surface area (Å²) in [5.41, 5.74) is 0.0832. The van der Waals surface area contributed by atoms with Crippen molar-refractivity contribution >= 4 is 52.3 Å². The fraction of sp³-hybridized carbons (Fsp3) is 0.100. The molecule has 0 bridgehead atoms. The first kappa shape index (κ1) is 14.6. The molecule has 0 atom stereocenters. The van der Waals surface area contributed by atoms with Crippen LogP contribution in [0.15, 0.2) is 12.1 Å². The van der Waals surface area contributed by atoms with Crippen LogP contribution in [0.2, 0.25) is 15.1 Å². The Balaban J connectivity index is 2.83. The van der Waals surface area contributed by atoms with Gasteiger partial charge in [-0.2, -0.15) is 5.26 Å². The van der Waals surface area contributed by atoms with Crippen LogP contribution >= 0.6 is 34.8 Å². The summed E-state index contributed by atoms with van der Waals surface area (Å²) in [5, 5.41) is 13.1. The minimum absolute atomic E-state index is 0.0832. The van der Waals surface area contributed by atoms with E-state index >= 15 is 0 Å². The molecule has 2 amide bonds. The molecule has 2 N–H and O–H groups in total. The highest BCUT2D eigenvalue weighted by Gasteiger charge is 2.16. The fourth-order valence-electron chi connectivity index (χ4n) is 1.03. The Hall–Kier alpha value is -1.48. The van der Waals surface area contributed by atoms with Gasteiger partial charge in [0.1, 0.15) is 6.54 Å². The van der Waals surface area contributed by atoms with Gasteiger partial charge >= 0.3 is 11.8 Å². The lowest BCUT2D eigenvalue weighted by atomic mass is 10.3. The van der Waals surface area contributed by atoms with Gasteiger partial charge in [-0.1, -0.05) is 34.8 Å². The SMILES string of the molecule is N#CCNC(=O)C(=O)Nc1c(Cl)cc(Cl)cc1Cl. The van der Waals surface area contributed by atoms with Gasteiger partial charge in [-0.25, -0.2) is 0 Å². The Morgan fingerprint density at radius 3 is 2.22 bits per heavy atom. The number of carbonyl (C=O) groups is 2. The fourth-order valence-corrected chi connectivity index (χ4v) is 1.94. The van der Waals surface area contributed by atoms with E-state index in [4.69, 9.17) is 40.1 Å². The van der Waals surface area contributed by atoms with Crippen molar-refractivity contribution in [3.63, 3.8) is 0 Å². The quantitative estimate of drug-likeness (QED) is 0.649. The van der Waals surface area contributed by atoms with Gasteiger partial charge in [-0.3, -0.25) is 9.59 Å². The molecule has 0 aromatic heterocycles. The van der Waals surface area contributed by atoms with E-state index < -0.39 is 11.8 Å². The second-order valence-corrected chi connectivity index (χ2v) is 4.29. The number of nitrogens with zero attached hydrogens (tertiary/aromatic N) is 1. The summed E-state index contributed by atoms with van der Waals surface area (Å²) < 4.78 is 0. The number of anilines is 1. The van der Waals surface area contributed by atoms with E-state index in [-0.39, 0.29) is 22.3 Å². The maximum atomic E-state index is 11.4. The topological polar surface area (TPSA) is 82.0 Å². The van der Waals surface area contributed by atoms with Crippen molar-refractivity contribution in [3.8, 4) is 6.07 Å². The van der Waals surface area contributed by atoms with Gasteiger partial charge in [0.15, 0.2) is 0 Å². The van der Waals surface area contributed by atoms with Crippen molar-refractivity contribution in [1.29, 1.82) is 5.26 Å². The van der Waals surface area contributed by atoms with E-state index in [1.807, 2.05) is 0 Å². The van der Waals surface area contributed by atoms with E-state index in [2.05, 4.69) is 10.6 Å². The van der Waals surface area contributed by atoms with Gasteiger partial charge in [0, 0.05) is 5.02 Å². The maximum absolute atomic E-state index is 11.4. The van der Waals surface area contributed by atoms with E-state index in [0.29, 0.717) is 5.02 Å². The number of rotatable bonds is 2. The molecule has 0 saturated carbocycles. The van der Waals surface area contributed by atoms with Gasteiger partial charge in [-0.15, -0.1) is 0 Å². The lowest BCUT2D eigenvalue weighted by Crippen LogP contribution is -2.35. The summed E-state index contributed by atoms with van der Waals surface area (Å²) >= 11 is 17.3. The summed E-state index contributed by atoms with van der Waals surface area (Å²) in [6.45, 7) is -0.270. The zero-order chi connectivity index (χ0) is 13.7. The highest BCUT2D eigenvalue weighted by molar-refractivity contribution is 6.45. The van der Waals surface area contributed by atoms with Crippen LogP contribution in [0.4, 0.5) is 5.69 Å². The van der Waals surface area contributed by atoms with Crippen molar-refractivity contribution in [1.82, 2.24) is 5.32 Å².